The first kappa shape index (κ1) is 28.8. The minimum Gasteiger partial charge on any atom is -0.458 e. The van der Waals surface area contributed by atoms with E-state index in [0.717, 1.165) is 44.9 Å². The monoisotopic (exact) mass is 483 g/mol. The van der Waals surface area contributed by atoms with Crippen molar-refractivity contribution in [2.24, 2.45) is 17.8 Å². The van der Waals surface area contributed by atoms with Crippen molar-refractivity contribution in [3.8, 4) is 0 Å². The van der Waals surface area contributed by atoms with Gasteiger partial charge in [0.15, 0.2) is 0 Å². The van der Waals surface area contributed by atoms with Gasteiger partial charge in [0.05, 0.1) is 6.10 Å². The number of unbranched alkanes of at least 4 members (excludes halogenated alkanes) is 1. The van der Waals surface area contributed by atoms with Gasteiger partial charge in [-0.1, -0.05) is 62.4 Å². The van der Waals surface area contributed by atoms with E-state index in [9.17, 15) is 14.7 Å². The molecule has 1 aliphatic carbocycles. The van der Waals surface area contributed by atoms with E-state index < -0.39 is 0 Å². The maximum absolute atomic E-state index is 12.2. The Labute approximate surface area is 212 Å². The number of hydrogen-bond acceptors (Lipinski definition) is 4. The number of allylic oxidation sites excluding steroid dienone is 3. The number of carbonyl (C=O) groups is 2. The number of amides is 1. The van der Waals surface area contributed by atoms with Crippen molar-refractivity contribution in [2.75, 3.05) is 6.54 Å². The zero-order valence-electron chi connectivity index (χ0n) is 21.8. The molecule has 2 N–H and O–H groups in total. The number of carbonyl (C=O) groups excluding carboxylic acids is 2. The smallest absolute Gasteiger partial charge is 0.306 e. The van der Waals surface area contributed by atoms with Gasteiger partial charge in [-0.2, -0.15) is 0 Å². The van der Waals surface area contributed by atoms with Gasteiger partial charge in [0.25, 0.3) is 0 Å². The largest absolute Gasteiger partial charge is 0.458 e. The summed E-state index contributed by atoms with van der Waals surface area (Å²) >= 11 is 0. The Hall–Kier alpha value is -2.40. The Morgan fingerprint density at radius 1 is 1.17 bits per heavy atom. The lowest BCUT2D eigenvalue weighted by Crippen LogP contribution is -2.21. The minimum atomic E-state index is -0.329. The molecule has 1 fully saturated rings. The van der Waals surface area contributed by atoms with Crippen LogP contribution >= 0.6 is 0 Å². The van der Waals surface area contributed by atoms with Crippen LogP contribution in [-0.4, -0.2) is 35.7 Å². The number of nitrogens with one attached hydrogen (secondary N) is 1. The molecule has 0 aromatic heterocycles. The minimum absolute atomic E-state index is 0.104. The summed E-state index contributed by atoms with van der Waals surface area (Å²) in [5, 5.41) is 13.5. The Morgan fingerprint density at radius 2 is 1.94 bits per heavy atom. The van der Waals surface area contributed by atoms with Gasteiger partial charge < -0.3 is 15.2 Å². The van der Waals surface area contributed by atoms with Crippen LogP contribution in [0, 0.1) is 17.8 Å². The van der Waals surface area contributed by atoms with Crippen molar-refractivity contribution in [1.29, 1.82) is 0 Å². The molecule has 1 aliphatic rings. The summed E-state index contributed by atoms with van der Waals surface area (Å²) in [6.45, 7) is 6.77. The predicted molar refractivity (Wildman–Crippen MR) is 142 cm³/mol. The average Bonchev–Trinajstić information content (AvgIpc) is 3.10. The van der Waals surface area contributed by atoms with E-state index in [-0.39, 0.29) is 35.9 Å². The second-order valence-electron chi connectivity index (χ2n) is 9.76. The van der Waals surface area contributed by atoms with Gasteiger partial charge in [0.2, 0.25) is 5.91 Å². The molecule has 5 nitrogen and oxygen atoms in total. The zero-order chi connectivity index (χ0) is 25.5. The number of aliphatic hydroxyl groups is 1. The summed E-state index contributed by atoms with van der Waals surface area (Å²) in [4.78, 5) is 23.8. The number of rotatable bonds is 15. The van der Waals surface area contributed by atoms with Crippen LogP contribution in [0.4, 0.5) is 0 Å². The molecule has 0 spiro atoms. The second kappa shape index (κ2) is 16.3. The highest BCUT2D eigenvalue weighted by Crippen LogP contribution is 2.40. The predicted octanol–water partition coefficient (Wildman–Crippen LogP) is 5.77. The lowest BCUT2D eigenvalue weighted by Gasteiger charge is -2.21. The third-order valence-electron chi connectivity index (χ3n) is 6.83. The van der Waals surface area contributed by atoms with Gasteiger partial charge in [-0.05, 0) is 81.3 Å². The van der Waals surface area contributed by atoms with Crippen LogP contribution in [0.15, 0.2) is 54.6 Å². The zero-order valence-corrected chi connectivity index (χ0v) is 21.8. The topological polar surface area (TPSA) is 75.6 Å². The van der Waals surface area contributed by atoms with Gasteiger partial charge in [0, 0.05) is 19.4 Å². The van der Waals surface area contributed by atoms with Crippen LogP contribution in [0.3, 0.4) is 0 Å². The van der Waals surface area contributed by atoms with Gasteiger partial charge in [0.1, 0.15) is 6.10 Å². The molecule has 1 aromatic carbocycles. The van der Waals surface area contributed by atoms with Crippen LogP contribution < -0.4 is 5.32 Å². The molecule has 0 heterocycles. The van der Waals surface area contributed by atoms with Crippen molar-refractivity contribution in [3.05, 3.63) is 60.2 Å². The van der Waals surface area contributed by atoms with Crippen LogP contribution in [0.1, 0.15) is 77.7 Å². The second-order valence-corrected chi connectivity index (χ2v) is 9.76. The van der Waals surface area contributed by atoms with E-state index in [1.54, 1.807) is 0 Å². The van der Waals surface area contributed by atoms with Crippen molar-refractivity contribution >= 4 is 11.9 Å². The standard InChI is InChI=1S/C30H45NO4/c1-4-13-30(34)35-25(19-18-24-14-9-8-10-15-24)20-21-26-23(3)22-28(32)27(26)16-11-6-7-12-17-29(33)31-5-2/h6,8-11,14-15,20-21,23,25-28,32H,4-5,7,12-13,16-19,22H2,1-3H3,(H,31,33). The summed E-state index contributed by atoms with van der Waals surface area (Å²) < 4.78 is 5.80. The van der Waals surface area contributed by atoms with E-state index in [2.05, 4.69) is 48.7 Å². The van der Waals surface area contributed by atoms with Gasteiger partial charge in [-0.3, -0.25) is 9.59 Å². The number of hydrogen-bond donors (Lipinski definition) is 2. The molecule has 0 saturated heterocycles. The maximum atomic E-state index is 12.2. The average molecular weight is 484 g/mol. The molecule has 35 heavy (non-hydrogen) atoms. The van der Waals surface area contributed by atoms with Crippen LogP contribution in [0.5, 0.6) is 0 Å². The molecule has 0 aliphatic heterocycles. The molecule has 194 valence electrons. The van der Waals surface area contributed by atoms with E-state index in [0.29, 0.717) is 25.3 Å². The SMILES string of the molecule is CCCC(=O)OC(C=CC1C(C)CC(O)C1CC=CCCCC(=O)NCC)CCc1ccccc1. The molecular weight excluding hydrogens is 438 g/mol. The molecule has 5 atom stereocenters. The molecule has 5 heteroatoms. The lowest BCUT2D eigenvalue weighted by molar-refractivity contribution is -0.147. The third-order valence-corrected chi connectivity index (χ3v) is 6.83. The van der Waals surface area contributed by atoms with Crippen molar-refractivity contribution in [2.45, 2.75) is 90.8 Å². The van der Waals surface area contributed by atoms with E-state index >= 15 is 0 Å². The molecule has 0 radical (unpaired) electrons. The van der Waals surface area contributed by atoms with Gasteiger partial charge in [-0.25, -0.2) is 0 Å². The summed E-state index contributed by atoms with van der Waals surface area (Å²) in [5.41, 5.74) is 1.23. The molecule has 1 saturated carbocycles. The summed E-state index contributed by atoms with van der Waals surface area (Å²) in [7, 11) is 0. The number of ether oxygens (including phenoxy) is 1. The normalized spacial score (nSPS) is 23.1. The Balaban J connectivity index is 1.95. The number of aryl methyl sites for hydroxylation is 1. The van der Waals surface area contributed by atoms with Crippen LogP contribution in [0.25, 0.3) is 0 Å². The van der Waals surface area contributed by atoms with E-state index in [1.165, 1.54) is 5.56 Å². The highest BCUT2D eigenvalue weighted by Gasteiger charge is 2.37. The summed E-state index contributed by atoms with van der Waals surface area (Å²) in [6.07, 6.45) is 14.6. The van der Waals surface area contributed by atoms with E-state index in [1.807, 2.05) is 32.0 Å². The fourth-order valence-corrected chi connectivity index (χ4v) is 4.91. The molecule has 2 rings (SSSR count). The first-order chi connectivity index (χ1) is 16.9. The van der Waals surface area contributed by atoms with Crippen molar-refractivity contribution < 1.29 is 19.4 Å². The lowest BCUT2D eigenvalue weighted by atomic mass is 9.86. The quantitative estimate of drug-likeness (QED) is 0.189. The number of benzene rings is 1. The third kappa shape index (κ3) is 10.8. The summed E-state index contributed by atoms with van der Waals surface area (Å²) in [5.74, 6) is 0.726. The maximum Gasteiger partial charge on any atom is 0.306 e. The van der Waals surface area contributed by atoms with Crippen LogP contribution in [0.2, 0.25) is 0 Å². The van der Waals surface area contributed by atoms with Gasteiger partial charge >= 0.3 is 5.97 Å². The Bertz CT molecular complexity index is 804. The van der Waals surface area contributed by atoms with Crippen molar-refractivity contribution in [3.63, 3.8) is 0 Å². The first-order valence-corrected chi connectivity index (χ1v) is 13.5. The highest BCUT2D eigenvalue weighted by molar-refractivity contribution is 5.75. The molecule has 0 bridgehead atoms. The molecule has 1 amide bonds. The first-order valence-electron chi connectivity index (χ1n) is 13.5. The fraction of sp³-hybridized carbons (Fsp3) is 0.600. The molecule has 5 unspecified atom stereocenters. The molecule has 1 aromatic rings. The molecular formula is C30H45NO4. The highest BCUT2D eigenvalue weighted by atomic mass is 16.5. The summed E-state index contributed by atoms with van der Waals surface area (Å²) in [6, 6.07) is 10.3. The Kier molecular flexibility index (Phi) is 13.4. The Morgan fingerprint density at radius 3 is 2.66 bits per heavy atom. The van der Waals surface area contributed by atoms with Crippen molar-refractivity contribution in [1.82, 2.24) is 5.32 Å². The van der Waals surface area contributed by atoms with Crippen LogP contribution in [-0.2, 0) is 20.7 Å². The van der Waals surface area contributed by atoms with Gasteiger partial charge in [-0.15, -0.1) is 0 Å². The number of aliphatic hydroxyl groups excluding tert-OH is 1. The fourth-order valence-electron chi connectivity index (χ4n) is 4.91. The number of esters is 1. The van der Waals surface area contributed by atoms with E-state index in [4.69, 9.17) is 4.74 Å².